The molecule has 1 heterocycles. The summed E-state index contributed by atoms with van der Waals surface area (Å²) in [4.78, 5) is 48.8. The highest BCUT2D eigenvalue weighted by Crippen LogP contribution is 2.25. The number of benzene rings is 2. The van der Waals surface area contributed by atoms with E-state index >= 15 is 0 Å². The summed E-state index contributed by atoms with van der Waals surface area (Å²) in [6.45, 7) is 10.2. The molecule has 0 N–H and O–H groups in total. The zero-order valence-electron chi connectivity index (χ0n) is 22.9. The smallest absolute Gasteiger partial charge is 0.338 e. The fourth-order valence-corrected chi connectivity index (χ4v) is 4.60. The molecule has 2 unspecified atom stereocenters. The molecule has 10 nitrogen and oxygen atoms in total. The van der Waals surface area contributed by atoms with E-state index in [0.717, 1.165) is 15.5 Å². The first-order chi connectivity index (χ1) is 19.7. The molecule has 0 spiro atoms. The number of ether oxygens (including phenoxy) is 6. The van der Waals surface area contributed by atoms with Crippen molar-refractivity contribution >= 4 is 49.4 Å². The number of hydrogen-bond donors (Lipinski definition) is 0. The van der Waals surface area contributed by atoms with Crippen molar-refractivity contribution < 1.29 is 42.8 Å². The minimum absolute atomic E-state index is 0.0863. The number of rotatable bonds is 16. The lowest BCUT2D eigenvalue weighted by Gasteiger charge is -2.22. The molecule has 1 aromatic heterocycles. The molecule has 0 aliphatic heterocycles. The van der Waals surface area contributed by atoms with Crippen LogP contribution in [0.25, 0.3) is 20.2 Å². The van der Waals surface area contributed by atoms with E-state index < -0.39 is 30.3 Å². The third-order valence-corrected chi connectivity index (χ3v) is 6.72. The Morgan fingerprint density at radius 3 is 2.39 bits per heavy atom. The zero-order valence-corrected chi connectivity index (χ0v) is 23.7. The van der Waals surface area contributed by atoms with Gasteiger partial charge >= 0.3 is 17.9 Å². The fraction of sp³-hybridized carbons (Fsp3) is 0.333. The van der Waals surface area contributed by atoms with Crippen LogP contribution >= 0.6 is 11.3 Å². The molecule has 2 atom stereocenters. The lowest BCUT2D eigenvalue weighted by atomic mass is 10.1. The Morgan fingerprint density at radius 2 is 1.63 bits per heavy atom. The second kappa shape index (κ2) is 15.8. The van der Waals surface area contributed by atoms with Crippen LogP contribution in [-0.4, -0.2) is 69.9 Å². The van der Waals surface area contributed by atoms with Gasteiger partial charge in [-0.3, -0.25) is 4.79 Å². The topological polar surface area (TPSA) is 124 Å². The van der Waals surface area contributed by atoms with Gasteiger partial charge in [-0.1, -0.05) is 25.3 Å². The molecule has 3 aromatic rings. The summed E-state index contributed by atoms with van der Waals surface area (Å²) in [5.74, 6) is -1.81. The molecule has 0 saturated carbocycles. The maximum absolute atomic E-state index is 13.0. The highest BCUT2D eigenvalue weighted by Gasteiger charge is 2.20. The van der Waals surface area contributed by atoms with Crippen molar-refractivity contribution in [3.8, 4) is 0 Å². The van der Waals surface area contributed by atoms with Crippen LogP contribution < -0.4 is 5.43 Å². The number of esters is 3. The van der Waals surface area contributed by atoms with Crippen LogP contribution in [0.3, 0.4) is 0 Å². The number of carbonyl (C=O) groups excluding carboxylic acids is 3. The van der Waals surface area contributed by atoms with E-state index in [1.807, 2.05) is 12.1 Å². The number of carbonyl (C=O) groups is 3. The molecular weight excluding hydrogens is 552 g/mol. The van der Waals surface area contributed by atoms with E-state index in [9.17, 15) is 19.2 Å². The predicted molar refractivity (Wildman–Crippen MR) is 154 cm³/mol. The first-order valence-electron chi connectivity index (χ1n) is 12.8. The second-order valence-corrected chi connectivity index (χ2v) is 9.88. The third kappa shape index (κ3) is 9.61. The summed E-state index contributed by atoms with van der Waals surface area (Å²) in [5, 5.41) is 1.01. The first-order valence-corrected chi connectivity index (χ1v) is 13.6. The third-order valence-electron chi connectivity index (χ3n) is 5.56. The van der Waals surface area contributed by atoms with Crippen molar-refractivity contribution in [3.05, 3.63) is 83.1 Å². The summed E-state index contributed by atoms with van der Waals surface area (Å²) in [6.07, 6.45) is -0.545. The Morgan fingerprint density at radius 1 is 0.927 bits per heavy atom. The van der Waals surface area contributed by atoms with Crippen LogP contribution in [0.15, 0.2) is 72.1 Å². The van der Waals surface area contributed by atoms with E-state index in [2.05, 4.69) is 13.2 Å². The Kier molecular flexibility index (Phi) is 12.2. The van der Waals surface area contributed by atoms with Crippen LogP contribution in [0, 0.1) is 0 Å². The van der Waals surface area contributed by atoms with Gasteiger partial charge in [-0.25, -0.2) is 14.4 Å². The van der Waals surface area contributed by atoms with Gasteiger partial charge in [-0.15, -0.1) is 11.3 Å². The molecule has 0 saturated heterocycles. The number of fused-ring (bicyclic) bond motifs is 2. The van der Waals surface area contributed by atoms with Gasteiger partial charge < -0.3 is 28.4 Å². The van der Waals surface area contributed by atoms with Gasteiger partial charge in [0.25, 0.3) is 0 Å². The highest BCUT2D eigenvalue weighted by atomic mass is 32.1. The van der Waals surface area contributed by atoms with Crippen LogP contribution in [0.4, 0.5) is 0 Å². The molecule has 2 aromatic carbocycles. The molecule has 0 aliphatic rings. The van der Waals surface area contributed by atoms with Gasteiger partial charge in [-0.2, -0.15) is 0 Å². The lowest BCUT2D eigenvalue weighted by Crippen LogP contribution is -2.33. The summed E-state index contributed by atoms with van der Waals surface area (Å²) in [6, 6.07) is 12.1. The van der Waals surface area contributed by atoms with Crippen molar-refractivity contribution in [2.24, 2.45) is 0 Å². The van der Waals surface area contributed by atoms with Crippen molar-refractivity contribution in [2.75, 3.05) is 39.6 Å². The van der Waals surface area contributed by atoms with Crippen molar-refractivity contribution in [1.29, 1.82) is 0 Å². The minimum atomic E-state index is -0.849. The Hall–Kier alpha value is -3.90. The fourth-order valence-electron chi connectivity index (χ4n) is 3.55. The molecule has 0 amide bonds. The Bertz CT molecular complexity index is 1460. The second-order valence-electron chi connectivity index (χ2n) is 8.80. The lowest BCUT2D eigenvalue weighted by molar-refractivity contribution is -0.188. The zero-order chi connectivity index (χ0) is 29.8. The van der Waals surface area contributed by atoms with Gasteiger partial charge in [0.15, 0.2) is 11.7 Å². The Balaban J connectivity index is 1.57. The standard InChI is InChI=1S/C30H32O10S/c1-5-27(31)37-15-13-35-12-14-36-20(4)40-22(17-38-29(33)19(2)3)18-39-30(34)21-10-11-26-24(16-21)28(32)23-8-6-7-9-25(23)41-26/h5-11,16,20,22H,1-2,12-15,17-18H2,3-4H3. The summed E-state index contributed by atoms with van der Waals surface area (Å²) >= 11 is 1.46. The SMILES string of the molecule is C=CC(=O)OCCOCCOC(C)OC(COC(=O)C(=C)C)COC(=O)c1ccc2sc3ccccc3c(=O)c2c1. The molecule has 0 fully saturated rings. The molecule has 0 bridgehead atoms. The van der Waals surface area contributed by atoms with Gasteiger partial charge in [0, 0.05) is 31.8 Å². The maximum atomic E-state index is 13.0. The Labute approximate surface area is 241 Å². The summed E-state index contributed by atoms with van der Waals surface area (Å²) in [7, 11) is 0. The van der Waals surface area contributed by atoms with Crippen LogP contribution in [0.2, 0.25) is 0 Å². The average molecular weight is 585 g/mol. The quantitative estimate of drug-likeness (QED) is 0.0605. The van der Waals surface area contributed by atoms with Gasteiger partial charge in [0.1, 0.15) is 25.9 Å². The first kappa shape index (κ1) is 31.6. The van der Waals surface area contributed by atoms with Crippen molar-refractivity contribution in [1.82, 2.24) is 0 Å². The van der Waals surface area contributed by atoms with Crippen molar-refractivity contribution in [2.45, 2.75) is 26.2 Å². The predicted octanol–water partition coefficient (Wildman–Crippen LogP) is 4.18. The van der Waals surface area contributed by atoms with Gasteiger partial charge in [-0.05, 0) is 44.2 Å². The molecule has 41 heavy (non-hydrogen) atoms. The van der Waals surface area contributed by atoms with E-state index in [0.29, 0.717) is 10.8 Å². The monoisotopic (exact) mass is 584 g/mol. The van der Waals surface area contributed by atoms with Crippen LogP contribution in [-0.2, 0) is 38.0 Å². The van der Waals surface area contributed by atoms with Gasteiger partial charge in [0.2, 0.25) is 0 Å². The molecule has 3 rings (SSSR count). The maximum Gasteiger partial charge on any atom is 0.338 e. The molecule has 0 radical (unpaired) electrons. The van der Waals surface area contributed by atoms with E-state index in [-0.39, 0.29) is 56.2 Å². The molecule has 0 aliphatic carbocycles. The van der Waals surface area contributed by atoms with Crippen molar-refractivity contribution in [3.63, 3.8) is 0 Å². The number of hydrogen-bond acceptors (Lipinski definition) is 11. The van der Waals surface area contributed by atoms with E-state index in [1.165, 1.54) is 24.3 Å². The van der Waals surface area contributed by atoms with E-state index in [1.54, 1.807) is 31.2 Å². The largest absolute Gasteiger partial charge is 0.460 e. The highest BCUT2D eigenvalue weighted by molar-refractivity contribution is 7.24. The van der Waals surface area contributed by atoms with Crippen LogP contribution in [0.1, 0.15) is 24.2 Å². The molecular formula is C30H32O10S. The summed E-state index contributed by atoms with van der Waals surface area (Å²) in [5.41, 5.74) is 0.249. The normalized spacial score (nSPS) is 12.4. The molecule has 218 valence electrons. The summed E-state index contributed by atoms with van der Waals surface area (Å²) < 4.78 is 33.7. The average Bonchev–Trinajstić information content (AvgIpc) is 2.97. The van der Waals surface area contributed by atoms with Gasteiger partial charge in [0.05, 0.1) is 25.4 Å². The van der Waals surface area contributed by atoms with E-state index in [4.69, 9.17) is 28.4 Å². The minimum Gasteiger partial charge on any atom is -0.460 e. The van der Waals surface area contributed by atoms with Crippen LogP contribution in [0.5, 0.6) is 0 Å². The molecule has 11 heteroatoms.